The number of rotatable bonds is 11. The number of ether oxygens (including phenoxy) is 3. The summed E-state index contributed by atoms with van der Waals surface area (Å²) in [5, 5.41) is 2.39. The summed E-state index contributed by atoms with van der Waals surface area (Å²) in [6, 6.07) is -0.330. The Morgan fingerprint density at radius 3 is 2.14 bits per heavy atom. The van der Waals surface area contributed by atoms with Crippen LogP contribution in [0.5, 0.6) is 0 Å². The normalized spacial score (nSPS) is 17.4. The fourth-order valence-electron chi connectivity index (χ4n) is 2.49. The van der Waals surface area contributed by atoms with E-state index < -0.39 is 5.54 Å². The minimum atomic E-state index is -0.727. The molecule has 1 N–H and O–H groups in total. The van der Waals surface area contributed by atoms with Gasteiger partial charge in [0, 0.05) is 13.7 Å². The van der Waals surface area contributed by atoms with Crippen LogP contribution >= 0.6 is 0 Å². The van der Waals surface area contributed by atoms with Crippen LogP contribution in [0.4, 0.5) is 4.79 Å². The highest BCUT2D eigenvalue weighted by molar-refractivity contribution is 6.06. The number of hydrogen-bond donors (Lipinski definition) is 1. The molecule has 0 saturated carbocycles. The third kappa shape index (κ3) is 4.39. The molecule has 1 heterocycles. The number of carbonyl (C=O) groups excluding carboxylic acids is 2. The zero-order valence-corrected chi connectivity index (χ0v) is 13.1. The van der Waals surface area contributed by atoms with Crippen molar-refractivity contribution in [1.82, 2.24) is 10.2 Å². The number of methoxy groups -OCH3 is 1. The van der Waals surface area contributed by atoms with Gasteiger partial charge in [-0.05, 0) is 12.8 Å². The highest BCUT2D eigenvalue weighted by Gasteiger charge is 2.49. The number of amides is 3. The summed E-state index contributed by atoms with van der Waals surface area (Å²) in [7, 11) is 1.62. The molecule has 0 aliphatic carbocycles. The molecule has 1 saturated heterocycles. The number of nitrogens with zero attached hydrogens (tertiary/aromatic N) is 1. The summed E-state index contributed by atoms with van der Waals surface area (Å²) >= 11 is 0. The summed E-state index contributed by atoms with van der Waals surface area (Å²) in [5.74, 6) is -0.208. The highest BCUT2D eigenvalue weighted by Crippen LogP contribution is 2.28. The number of urea groups is 1. The second kappa shape index (κ2) is 8.96. The highest BCUT2D eigenvalue weighted by atomic mass is 16.5. The molecule has 0 aromatic heterocycles. The van der Waals surface area contributed by atoms with Crippen LogP contribution in [0.3, 0.4) is 0 Å². The first-order chi connectivity index (χ1) is 10.1. The van der Waals surface area contributed by atoms with Crippen molar-refractivity contribution in [3.05, 3.63) is 0 Å². The first-order valence-electron chi connectivity index (χ1n) is 7.39. The van der Waals surface area contributed by atoms with Gasteiger partial charge in [0.25, 0.3) is 5.91 Å². The van der Waals surface area contributed by atoms with E-state index >= 15 is 0 Å². The predicted octanol–water partition coefficient (Wildman–Crippen LogP) is 0.777. The zero-order chi connectivity index (χ0) is 15.7. The Kier molecular flexibility index (Phi) is 7.63. The van der Waals surface area contributed by atoms with Crippen LogP contribution in [0.25, 0.3) is 0 Å². The third-order valence-electron chi connectivity index (χ3n) is 3.84. The van der Waals surface area contributed by atoms with Crippen LogP contribution in [0.1, 0.15) is 26.7 Å². The predicted molar refractivity (Wildman–Crippen MR) is 77.1 cm³/mol. The van der Waals surface area contributed by atoms with Gasteiger partial charge in [-0.25, -0.2) is 4.79 Å². The lowest BCUT2D eigenvalue weighted by Crippen LogP contribution is -2.49. The minimum Gasteiger partial charge on any atom is -0.382 e. The molecule has 3 amide bonds. The minimum absolute atomic E-state index is 0.208. The van der Waals surface area contributed by atoms with Crippen molar-refractivity contribution in [2.75, 3.05) is 46.7 Å². The quantitative estimate of drug-likeness (QED) is 0.451. The average molecular weight is 302 g/mol. The van der Waals surface area contributed by atoms with E-state index in [9.17, 15) is 9.59 Å². The van der Waals surface area contributed by atoms with Crippen LogP contribution in [0.2, 0.25) is 0 Å². The molecule has 0 bridgehead atoms. The van der Waals surface area contributed by atoms with Crippen LogP contribution < -0.4 is 5.32 Å². The van der Waals surface area contributed by atoms with Crippen LogP contribution in [-0.2, 0) is 19.0 Å². The summed E-state index contributed by atoms with van der Waals surface area (Å²) < 4.78 is 15.6. The summed E-state index contributed by atoms with van der Waals surface area (Å²) in [4.78, 5) is 25.4. The topological polar surface area (TPSA) is 77.1 Å². The maximum Gasteiger partial charge on any atom is 0.325 e. The molecule has 1 aliphatic rings. The lowest BCUT2D eigenvalue weighted by Gasteiger charge is -2.33. The van der Waals surface area contributed by atoms with Crippen molar-refractivity contribution in [3.8, 4) is 0 Å². The summed E-state index contributed by atoms with van der Waals surface area (Å²) in [6.45, 7) is 6.66. The molecule has 0 aromatic carbocycles. The third-order valence-corrected chi connectivity index (χ3v) is 3.84. The fraction of sp³-hybridized carbons (Fsp3) is 0.857. The Bertz CT molecular complexity index is 344. The van der Waals surface area contributed by atoms with E-state index in [-0.39, 0.29) is 11.9 Å². The van der Waals surface area contributed by atoms with Crippen LogP contribution in [-0.4, -0.2) is 69.1 Å². The van der Waals surface area contributed by atoms with Crippen molar-refractivity contribution >= 4 is 11.9 Å². The van der Waals surface area contributed by atoms with Gasteiger partial charge in [0.15, 0.2) is 0 Å². The van der Waals surface area contributed by atoms with E-state index in [1.165, 1.54) is 0 Å². The van der Waals surface area contributed by atoms with Crippen LogP contribution in [0, 0.1) is 0 Å². The van der Waals surface area contributed by atoms with Gasteiger partial charge >= 0.3 is 6.03 Å². The molecule has 1 aliphatic heterocycles. The number of carbonyl (C=O) groups is 2. The van der Waals surface area contributed by atoms with E-state index in [4.69, 9.17) is 14.2 Å². The summed E-state index contributed by atoms with van der Waals surface area (Å²) in [6.07, 6.45) is 1.20. The van der Waals surface area contributed by atoms with Crippen molar-refractivity contribution in [3.63, 3.8) is 0 Å². The Labute approximate surface area is 125 Å². The first-order valence-corrected chi connectivity index (χ1v) is 7.39. The number of nitrogens with one attached hydrogen (secondary N) is 1. The molecule has 7 heteroatoms. The standard InChI is InChI=1S/C14H26N2O5/c1-4-14(5-2)12(17)15-13(18)16(14)6-7-20-10-11-21-9-8-19-3/h4-11H2,1-3H3,(H,15,17,18). The van der Waals surface area contributed by atoms with E-state index in [1.54, 1.807) is 12.0 Å². The molecule has 21 heavy (non-hydrogen) atoms. The number of hydrogen-bond acceptors (Lipinski definition) is 5. The van der Waals surface area contributed by atoms with E-state index in [1.807, 2.05) is 13.8 Å². The Balaban J connectivity index is 2.30. The average Bonchev–Trinajstić information content (AvgIpc) is 2.72. The molecule has 1 rings (SSSR count). The SMILES string of the molecule is CCC1(CC)C(=O)NC(=O)N1CCOCCOCCOC. The van der Waals surface area contributed by atoms with E-state index in [0.29, 0.717) is 52.4 Å². The van der Waals surface area contributed by atoms with Crippen molar-refractivity contribution in [2.24, 2.45) is 0 Å². The maximum absolute atomic E-state index is 12.0. The van der Waals surface area contributed by atoms with Gasteiger partial charge in [-0.15, -0.1) is 0 Å². The molecule has 0 spiro atoms. The van der Waals surface area contributed by atoms with Gasteiger partial charge in [0.05, 0.1) is 33.0 Å². The molecule has 7 nitrogen and oxygen atoms in total. The second-order valence-corrected chi connectivity index (χ2v) is 4.87. The van der Waals surface area contributed by atoms with E-state index in [2.05, 4.69) is 5.32 Å². The lowest BCUT2D eigenvalue weighted by molar-refractivity contribution is -0.127. The molecule has 0 aromatic rings. The largest absolute Gasteiger partial charge is 0.382 e. The van der Waals surface area contributed by atoms with Crippen molar-refractivity contribution in [2.45, 2.75) is 32.2 Å². The van der Waals surface area contributed by atoms with Crippen molar-refractivity contribution in [1.29, 1.82) is 0 Å². The molecular formula is C14H26N2O5. The van der Waals surface area contributed by atoms with Gasteiger partial charge < -0.3 is 19.1 Å². The smallest absolute Gasteiger partial charge is 0.325 e. The van der Waals surface area contributed by atoms with Gasteiger partial charge in [0.1, 0.15) is 5.54 Å². The Morgan fingerprint density at radius 2 is 1.57 bits per heavy atom. The molecular weight excluding hydrogens is 276 g/mol. The van der Waals surface area contributed by atoms with Gasteiger partial charge in [0.2, 0.25) is 0 Å². The van der Waals surface area contributed by atoms with E-state index in [0.717, 1.165) is 0 Å². The van der Waals surface area contributed by atoms with Crippen molar-refractivity contribution < 1.29 is 23.8 Å². The van der Waals surface area contributed by atoms with Gasteiger partial charge in [-0.1, -0.05) is 13.8 Å². The Morgan fingerprint density at radius 1 is 1.00 bits per heavy atom. The van der Waals surface area contributed by atoms with Gasteiger partial charge in [-0.3, -0.25) is 10.1 Å². The monoisotopic (exact) mass is 302 g/mol. The number of imide groups is 1. The molecule has 0 atom stereocenters. The first kappa shape index (κ1) is 17.9. The zero-order valence-electron chi connectivity index (χ0n) is 13.1. The van der Waals surface area contributed by atoms with Crippen LogP contribution in [0.15, 0.2) is 0 Å². The molecule has 0 unspecified atom stereocenters. The fourth-order valence-corrected chi connectivity index (χ4v) is 2.49. The molecule has 0 radical (unpaired) electrons. The molecule has 122 valence electrons. The second-order valence-electron chi connectivity index (χ2n) is 4.87. The summed E-state index contributed by atoms with van der Waals surface area (Å²) in [5.41, 5.74) is -0.727. The molecule has 1 fully saturated rings. The Hall–Kier alpha value is -1.18. The maximum atomic E-state index is 12.0. The lowest BCUT2D eigenvalue weighted by atomic mass is 9.91. The van der Waals surface area contributed by atoms with Gasteiger partial charge in [-0.2, -0.15) is 0 Å².